The lowest BCUT2D eigenvalue weighted by molar-refractivity contribution is -0.121. The van der Waals surface area contributed by atoms with Gasteiger partial charge in [0, 0.05) is 19.2 Å². The summed E-state index contributed by atoms with van der Waals surface area (Å²) in [6.07, 6.45) is 11.8. The van der Waals surface area contributed by atoms with E-state index in [2.05, 4.69) is 32.5 Å². The van der Waals surface area contributed by atoms with E-state index in [1.54, 1.807) is 17.2 Å². The number of amides is 1. The molecule has 6 heteroatoms. The molecule has 0 aliphatic heterocycles. The number of allylic oxidation sites excluding steroid dienone is 2. The highest BCUT2D eigenvalue weighted by Crippen LogP contribution is 2.20. The number of hydrogen-bond donors (Lipinski definition) is 1. The normalized spacial score (nSPS) is 17.0. The van der Waals surface area contributed by atoms with Crippen LogP contribution in [0.1, 0.15) is 24.8 Å². The Labute approximate surface area is 122 Å². The van der Waals surface area contributed by atoms with Crippen LogP contribution in [0.25, 0.3) is 5.82 Å². The number of carbonyl (C=O) groups is 1. The average Bonchev–Trinajstić information content (AvgIpc) is 3.19. The van der Waals surface area contributed by atoms with Crippen molar-refractivity contribution in [3.8, 4) is 5.82 Å². The lowest BCUT2D eigenvalue weighted by atomic mass is 10.1. The minimum Gasteiger partial charge on any atom is -0.352 e. The van der Waals surface area contributed by atoms with E-state index in [-0.39, 0.29) is 5.91 Å². The standard InChI is InChI=1S/C15H17N5O/c21-15(7-12-3-1-2-4-12)18-9-13-5-6-14(17-8-13)20-11-16-10-19-20/h1,3,5-6,8,10-12H,2,4,7,9H2,(H,18,21). The maximum absolute atomic E-state index is 11.8. The quantitative estimate of drug-likeness (QED) is 0.847. The van der Waals surface area contributed by atoms with Gasteiger partial charge in [-0.05, 0) is 30.4 Å². The van der Waals surface area contributed by atoms with Crippen molar-refractivity contribution in [2.75, 3.05) is 0 Å². The van der Waals surface area contributed by atoms with E-state index in [1.165, 1.54) is 6.33 Å². The van der Waals surface area contributed by atoms with Gasteiger partial charge in [-0.1, -0.05) is 18.2 Å². The van der Waals surface area contributed by atoms with E-state index in [4.69, 9.17) is 0 Å². The van der Waals surface area contributed by atoms with Gasteiger partial charge < -0.3 is 5.32 Å². The van der Waals surface area contributed by atoms with Crippen LogP contribution >= 0.6 is 0 Å². The third kappa shape index (κ3) is 3.53. The Hall–Kier alpha value is -2.50. The number of nitrogens with one attached hydrogen (secondary N) is 1. The predicted octanol–water partition coefficient (Wildman–Crippen LogP) is 1.63. The third-order valence-corrected chi connectivity index (χ3v) is 3.51. The Kier molecular flexibility index (Phi) is 4.04. The van der Waals surface area contributed by atoms with Gasteiger partial charge in [0.15, 0.2) is 5.82 Å². The molecule has 1 unspecified atom stereocenters. The smallest absolute Gasteiger partial charge is 0.220 e. The zero-order chi connectivity index (χ0) is 14.5. The van der Waals surface area contributed by atoms with Crippen molar-refractivity contribution in [3.05, 3.63) is 48.7 Å². The first-order valence-electron chi connectivity index (χ1n) is 7.04. The van der Waals surface area contributed by atoms with E-state index in [0.717, 1.165) is 18.4 Å². The molecule has 2 aromatic heterocycles. The number of pyridine rings is 1. The Balaban J connectivity index is 1.51. The molecular weight excluding hydrogens is 266 g/mol. The summed E-state index contributed by atoms with van der Waals surface area (Å²) in [6, 6.07) is 3.79. The molecule has 2 heterocycles. The van der Waals surface area contributed by atoms with Gasteiger partial charge in [0.2, 0.25) is 5.91 Å². The van der Waals surface area contributed by atoms with Crippen LogP contribution in [0.2, 0.25) is 0 Å². The second kappa shape index (κ2) is 6.30. The van der Waals surface area contributed by atoms with Crippen LogP contribution in [0, 0.1) is 5.92 Å². The van der Waals surface area contributed by atoms with E-state index in [0.29, 0.717) is 24.7 Å². The van der Waals surface area contributed by atoms with E-state index in [1.807, 2.05) is 12.1 Å². The van der Waals surface area contributed by atoms with Crippen molar-refractivity contribution in [1.29, 1.82) is 0 Å². The van der Waals surface area contributed by atoms with Crippen LogP contribution in [0.3, 0.4) is 0 Å². The van der Waals surface area contributed by atoms with Crippen LogP contribution in [0.5, 0.6) is 0 Å². The fourth-order valence-electron chi connectivity index (χ4n) is 2.36. The lowest BCUT2D eigenvalue weighted by Crippen LogP contribution is -2.24. The number of aromatic nitrogens is 4. The molecular formula is C15H17N5O. The van der Waals surface area contributed by atoms with Crippen molar-refractivity contribution < 1.29 is 4.79 Å². The van der Waals surface area contributed by atoms with Crippen LogP contribution in [0.15, 0.2) is 43.1 Å². The predicted molar refractivity (Wildman–Crippen MR) is 77.5 cm³/mol. The minimum atomic E-state index is 0.0897. The number of hydrogen-bond acceptors (Lipinski definition) is 4. The summed E-state index contributed by atoms with van der Waals surface area (Å²) in [7, 11) is 0. The largest absolute Gasteiger partial charge is 0.352 e. The summed E-state index contributed by atoms with van der Waals surface area (Å²) in [5.41, 5.74) is 0.967. The molecule has 0 saturated carbocycles. The first-order chi connectivity index (χ1) is 10.3. The lowest BCUT2D eigenvalue weighted by Gasteiger charge is -2.09. The Bertz CT molecular complexity index is 618. The zero-order valence-electron chi connectivity index (χ0n) is 11.6. The van der Waals surface area contributed by atoms with E-state index >= 15 is 0 Å². The summed E-state index contributed by atoms with van der Waals surface area (Å²) in [5, 5.41) is 6.95. The van der Waals surface area contributed by atoms with Crippen LogP contribution < -0.4 is 5.32 Å². The van der Waals surface area contributed by atoms with Crippen LogP contribution in [-0.4, -0.2) is 25.7 Å². The molecule has 1 N–H and O–H groups in total. The molecule has 0 radical (unpaired) electrons. The van der Waals surface area contributed by atoms with Gasteiger partial charge >= 0.3 is 0 Å². The van der Waals surface area contributed by atoms with Gasteiger partial charge in [-0.3, -0.25) is 4.79 Å². The summed E-state index contributed by atoms with van der Waals surface area (Å²) in [4.78, 5) is 20.0. The molecule has 0 aromatic carbocycles. The van der Waals surface area contributed by atoms with Gasteiger partial charge in [-0.15, -0.1) is 0 Å². The Morgan fingerprint density at radius 3 is 3.05 bits per heavy atom. The van der Waals surface area contributed by atoms with Crippen molar-refractivity contribution >= 4 is 5.91 Å². The maximum Gasteiger partial charge on any atom is 0.220 e. The minimum absolute atomic E-state index is 0.0897. The molecule has 0 fully saturated rings. The highest BCUT2D eigenvalue weighted by atomic mass is 16.1. The second-order valence-electron chi connectivity index (χ2n) is 5.11. The SMILES string of the molecule is O=C(CC1C=CCC1)NCc1ccc(-n2cncn2)nc1. The molecule has 2 aromatic rings. The molecule has 1 aliphatic rings. The zero-order valence-corrected chi connectivity index (χ0v) is 11.6. The van der Waals surface area contributed by atoms with Crippen molar-refractivity contribution in [2.24, 2.45) is 5.92 Å². The van der Waals surface area contributed by atoms with Crippen molar-refractivity contribution in [1.82, 2.24) is 25.1 Å². The van der Waals surface area contributed by atoms with Gasteiger partial charge in [-0.25, -0.2) is 14.6 Å². The van der Waals surface area contributed by atoms with Crippen molar-refractivity contribution in [2.45, 2.75) is 25.8 Å². The molecule has 6 nitrogen and oxygen atoms in total. The molecule has 3 rings (SSSR count). The number of rotatable bonds is 5. The third-order valence-electron chi connectivity index (χ3n) is 3.51. The first-order valence-corrected chi connectivity index (χ1v) is 7.04. The Morgan fingerprint density at radius 1 is 1.43 bits per heavy atom. The van der Waals surface area contributed by atoms with Crippen LogP contribution in [0.4, 0.5) is 0 Å². The molecule has 1 amide bonds. The fraction of sp³-hybridized carbons (Fsp3) is 0.333. The Morgan fingerprint density at radius 2 is 2.38 bits per heavy atom. The fourth-order valence-corrected chi connectivity index (χ4v) is 2.36. The van der Waals surface area contributed by atoms with Gasteiger partial charge in [0.1, 0.15) is 12.7 Å². The van der Waals surface area contributed by atoms with Gasteiger partial charge in [0.05, 0.1) is 0 Å². The van der Waals surface area contributed by atoms with Crippen molar-refractivity contribution in [3.63, 3.8) is 0 Å². The second-order valence-corrected chi connectivity index (χ2v) is 5.11. The number of carbonyl (C=O) groups excluding carboxylic acids is 1. The van der Waals surface area contributed by atoms with Gasteiger partial charge in [0.25, 0.3) is 0 Å². The summed E-state index contributed by atoms with van der Waals surface area (Å²) in [5.74, 6) is 1.20. The van der Waals surface area contributed by atoms with Gasteiger partial charge in [-0.2, -0.15) is 5.10 Å². The molecule has 0 spiro atoms. The monoisotopic (exact) mass is 283 g/mol. The highest BCUT2D eigenvalue weighted by molar-refractivity contribution is 5.76. The topological polar surface area (TPSA) is 72.7 Å². The molecule has 0 bridgehead atoms. The molecule has 1 aliphatic carbocycles. The first kappa shape index (κ1) is 13.5. The van der Waals surface area contributed by atoms with Crippen LogP contribution in [-0.2, 0) is 11.3 Å². The molecule has 21 heavy (non-hydrogen) atoms. The molecule has 1 atom stereocenters. The number of nitrogens with zero attached hydrogens (tertiary/aromatic N) is 4. The molecule has 108 valence electrons. The summed E-state index contributed by atoms with van der Waals surface area (Å²) in [6.45, 7) is 0.500. The van der Waals surface area contributed by atoms with E-state index in [9.17, 15) is 4.79 Å². The summed E-state index contributed by atoms with van der Waals surface area (Å²) >= 11 is 0. The molecule has 0 saturated heterocycles. The van der Waals surface area contributed by atoms with E-state index < -0.39 is 0 Å². The highest BCUT2D eigenvalue weighted by Gasteiger charge is 2.13. The maximum atomic E-state index is 11.8. The summed E-state index contributed by atoms with van der Waals surface area (Å²) < 4.78 is 1.59. The average molecular weight is 283 g/mol.